The standard InChI is InChI=1S/C10H13FN2O3S/c11-8-3-9(5-12-4-8)17(15,16)13-6-10(14)7-1-2-7/h3-5,7,10,13-14H,1-2,6H2. The van der Waals surface area contributed by atoms with Crippen LogP contribution in [0.25, 0.3) is 0 Å². The lowest BCUT2D eigenvalue weighted by Crippen LogP contribution is -2.33. The van der Waals surface area contributed by atoms with Gasteiger partial charge >= 0.3 is 0 Å². The van der Waals surface area contributed by atoms with Crippen molar-refractivity contribution in [3.8, 4) is 0 Å². The minimum Gasteiger partial charge on any atom is -0.391 e. The highest BCUT2D eigenvalue weighted by molar-refractivity contribution is 7.89. The van der Waals surface area contributed by atoms with Crippen LogP contribution in [-0.4, -0.2) is 31.2 Å². The van der Waals surface area contributed by atoms with Crippen molar-refractivity contribution in [2.75, 3.05) is 6.54 Å². The molecule has 1 aromatic heterocycles. The van der Waals surface area contributed by atoms with E-state index in [1.807, 2.05) is 0 Å². The first kappa shape index (κ1) is 12.4. The van der Waals surface area contributed by atoms with Gasteiger partial charge in [-0.25, -0.2) is 17.5 Å². The Hall–Kier alpha value is -1.05. The summed E-state index contributed by atoms with van der Waals surface area (Å²) in [5.41, 5.74) is 0. The van der Waals surface area contributed by atoms with Gasteiger partial charge in [0.05, 0.1) is 12.3 Å². The highest BCUT2D eigenvalue weighted by Gasteiger charge is 2.30. The average molecular weight is 260 g/mol. The molecule has 1 aromatic rings. The minimum atomic E-state index is -3.80. The van der Waals surface area contributed by atoms with Gasteiger partial charge in [0.2, 0.25) is 10.0 Å². The summed E-state index contributed by atoms with van der Waals surface area (Å²) in [7, 11) is -3.80. The van der Waals surface area contributed by atoms with Gasteiger partial charge in [0.15, 0.2) is 0 Å². The molecule has 94 valence electrons. The van der Waals surface area contributed by atoms with Gasteiger partial charge in [0.1, 0.15) is 10.7 Å². The number of nitrogens with one attached hydrogen (secondary N) is 1. The quantitative estimate of drug-likeness (QED) is 0.796. The lowest BCUT2D eigenvalue weighted by atomic mass is 10.2. The lowest BCUT2D eigenvalue weighted by Gasteiger charge is -2.10. The van der Waals surface area contributed by atoms with Crippen molar-refractivity contribution in [2.24, 2.45) is 5.92 Å². The molecule has 0 amide bonds. The fourth-order valence-electron chi connectivity index (χ4n) is 1.47. The third-order valence-electron chi connectivity index (χ3n) is 2.64. The van der Waals surface area contributed by atoms with Crippen LogP contribution in [-0.2, 0) is 10.0 Å². The van der Waals surface area contributed by atoms with Crippen LogP contribution >= 0.6 is 0 Å². The first-order valence-electron chi connectivity index (χ1n) is 5.27. The molecule has 0 spiro atoms. The van der Waals surface area contributed by atoms with E-state index in [-0.39, 0.29) is 17.4 Å². The summed E-state index contributed by atoms with van der Waals surface area (Å²) in [6.07, 6.45) is 3.16. The molecule has 17 heavy (non-hydrogen) atoms. The van der Waals surface area contributed by atoms with Crippen LogP contribution in [0.4, 0.5) is 4.39 Å². The van der Waals surface area contributed by atoms with Crippen LogP contribution in [0, 0.1) is 11.7 Å². The molecule has 1 atom stereocenters. The van der Waals surface area contributed by atoms with E-state index in [1.165, 1.54) is 0 Å². The molecule has 0 aliphatic heterocycles. The van der Waals surface area contributed by atoms with Gasteiger partial charge in [-0.1, -0.05) is 0 Å². The predicted molar refractivity (Wildman–Crippen MR) is 58.1 cm³/mol. The maximum atomic E-state index is 12.8. The zero-order valence-electron chi connectivity index (χ0n) is 9.01. The summed E-state index contributed by atoms with van der Waals surface area (Å²) in [5.74, 6) is -0.529. The van der Waals surface area contributed by atoms with Gasteiger partial charge in [0, 0.05) is 12.7 Å². The van der Waals surface area contributed by atoms with E-state index in [9.17, 15) is 17.9 Å². The number of pyridine rings is 1. The number of halogens is 1. The molecule has 1 heterocycles. The van der Waals surface area contributed by atoms with E-state index < -0.39 is 21.9 Å². The van der Waals surface area contributed by atoms with Crippen LogP contribution in [0.5, 0.6) is 0 Å². The van der Waals surface area contributed by atoms with Crippen LogP contribution < -0.4 is 4.72 Å². The number of nitrogens with zero attached hydrogens (tertiary/aromatic N) is 1. The summed E-state index contributed by atoms with van der Waals surface area (Å²) < 4.78 is 38.5. The van der Waals surface area contributed by atoms with Gasteiger partial charge < -0.3 is 5.11 Å². The Balaban J connectivity index is 2.03. The second-order valence-corrected chi connectivity index (χ2v) is 5.86. The Labute approximate surface area is 98.7 Å². The maximum Gasteiger partial charge on any atom is 0.242 e. The molecular weight excluding hydrogens is 247 g/mol. The monoisotopic (exact) mass is 260 g/mol. The molecule has 0 radical (unpaired) electrons. The third-order valence-corrected chi connectivity index (χ3v) is 4.03. The summed E-state index contributed by atoms with van der Waals surface area (Å²) >= 11 is 0. The fourth-order valence-corrected chi connectivity index (χ4v) is 2.49. The molecule has 2 N–H and O–H groups in total. The minimum absolute atomic E-state index is 0.0521. The van der Waals surface area contributed by atoms with Crippen LogP contribution in [0.3, 0.4) is 0 Å². The number of hydrogen-bond acceptors (Lipinski definition) is 4. The molecule has 2 rings (SSSR count). The van der Waals surface area contributed by atoms with E-state index in [0.717, 1.165) is 31.3 Å². The Morgan fingerprint density at radius 2 is 2.24 bits per heavy atom. The van der Waals surface area contributed by atoms with Crippen molar-refractivity contribution < 1.29 is 17.9 Å². The largest absolute Gasteiger partial charge is 0.391 e. The van der Waals surface area contributed by atoms with E-state index in [4.69, 9.17) is 0 Å². The van der Waals surface area contributed by atoms with E-state index >= 15 is 0 Å². The normalized spacial score (nSPS) is 18.0. The molecule has 1 fully saturated rings. The molecule has 1 unspecified atom stereocenters. The fraction of sp³-hybridized carbons (Fsp3) is 0.500. The number of hydrogen-bond donors (Lipinski definition) is 2. The number of rotatable bonds is 5. The second-order valence-electron chi connectivity index (χ2n) is 4.10. The molecule has 1 saturated carbocycles. The number of sulfonamides is 1. The van der Waals surface area contributed by atoms with Gasteiger partial charge in [-0.05, 0) is 24.8 Å². The van der Waals surface area contributed by atoms with E-state index in [0.29, 0.717) is 0 Å². The van der Waals surface area contributed by atoms with Crippen molar-refractivity contribution in [3.63, 3.8) is 0 Å². The van der Waals surface area contributed by atoms with Crippen molar-refractivity contribution in [3.05, 3.63) is 24.3 Å². The van der Waals surface area contributed by atoms with Gasteiger partial charge in [-0.3, -0.25) is 4.98 Å². The lowest BCUT2D eigenvalue weighted by molar-refractivity contribution is 0.155. The molecule has 0 aromatic carbocycles. The molecule has 7 heteroatoms. The van der Waals surface area contributed by atoms with Crippen LogP contribution in [0.2, 0.25) is 0 Å². The molecule has 5 nitrogen and oxygen atoms in total. The van der Waals surface area contributed by atoms with Crippen molar-refractivity contribution in [2.45, 2.75) is 23.8 Å². The Kier molecular flexibility index (Phi) is 3.41. The summed E-state index contributed by atoms with van der Waals surface area (Å²) in [6.45, 7) is -0.0521. The highest BCUT2D eigenvalue weighted by Crippen LogP contribution is 2.32. The Bertz CT molecular complexity index is 502. The molecule has 0 bridgehead atoms. The first-order chi connectivity index (χ1) is 7.99. The van der Waals surface area contributed by atoms with Crippen molar-refractivity contribution >= 4 is 10.0 Å². The molecule has 0 saturated heterocycles. The first-order valence-corrected chi connectivity index (χ1v) is 6.75. The number of aliphatic hydroxyl groups excluding tert-OH is 1. The van der Waals surface area contributed by atoms with Crippen molar-refractivity contribution in [1.29, 1.82) is 0 Å². The van der Waals surface area contributed by atoms with Gasteiger partial charge in [-0.15, -0.1) is 0 Å². The van der Waals surface area contributed by atoms with Gasteiger partial charge in [0.25, 0.3) is 0 Å². The summed E-state index contributed by atoms with van der Waals surface area (Å²) in [6, 6.07) is 0.888. The van der Waals surface area contributed by atoms with Crippen molar-refractivity contribution in [1.82, 2.24) is 9.71 Å². The number of aromatic nitrogens is 1. The Morgan fingerprint density at radius 1 is 1.53 bits per heavy atom. The molecule has 1 aliphatic carbocycles. The topological polar surface area (TPSA) is 79.3 Å². The zero-order chi connectivity index (χ0) is 12.5. The predicted octanol–water partition coefficient (Wildman–Crippen LogP) is 0.270. The molecule has 1 aliphatic rings. The summed E-state index contributed by atoms with van der Waals surface area (Å²) in [5, 5.41) is 9.54. The van der Waals surface area contributed by atoms with Crippen LogP contribution in [0.1, 0.15) is 12.8 Å². The van der Waals surface area contributed by atoms with E-state index in [1.54, 1.807) is 0 Å². The van der Waals surface area contributed by atoms with Gasteiger partial charge in [-0.2, -0.15) is 0 Å². The molecular formula is C10H13FN2O3S. The highest BCUT2D eigenvalue weighted by atomic mass is 32.2. The third kappa shape index (κ3) is 3.21. The summed E-state index contributed by atoms with van der Waals surface area (Å²) in [4.78, 5) is 3.23. The SMILES string of the molecule is O=S(=O)(NCC(O)C1CC1)c1cncc(F)c1. The maximum absolute atomic E-state index is 12.8. The van der Waals surface area contributed by atoms with E-state index in [2.05, 4.69) is 9.71 Å². The number of aliphatic hydroxyl groups is 1. The average Bonchev–Trinajstić information content (AvgIpc) is 3.10. The second kappa shape index (κ2) is 4.67. The van der Waals surface area contributed by atoms with Crippen LogP contribution in [0.15, 0.2) is 23.4 Å². The Morgan fingerprint density at radius 3 is 2.82 bits per heavy atom. The smallest absolute Gasteiger partial charge is 0.242 e. The zero-order valence-corrected chi connectivity index (χ0v) is 9.82.